The minimum Gasteiger partial charge on any atom is -0.350 e. The van der Waals surface area contributed by atoms with Crippen molar-refractivity contribution in [2.75, 3.05) is 11.1 Å². The number of hydrogen-bond donors (Lipinski definition) is 2. The van der Waals surface area contributed by atoms with Gasteiger partial charge in [-0.25, -0.2) is 8.42 Å². The first kappa shape index (κ1) is 19.4. The summed E-state index contributed by atoms with van der Waals surface area (Å²) < 4.78 is 25.1. The van der Waals surface area contributed by atoms with Gasteiger partial charge in [-0.15, -0.1) is 11.8 Å². The monoisotopic (exact) mass is 405 g/mol. The van der Waals surface area contributed by atoms with Crippen LogP contribution in [0.25, 0.3) is 0 Å². The Labute approximate surface area is 161 Å². The molecule has 0 bridgehead atoms. The van der Waals surface area contributed by atoms with E-state index in [9.17, 15) is 18.0 Å². The maximum absolute atomic E-state index is 12.5. The van der Waals surface area contributed by atoms with Gasteiger partial charge in [0.05, 0.1) is 33.8 Å². The van der Waals surface area contributed by atoms with Gasteiger partial charge in [0.2, 0.25) is 11.8 Å². The Kier molecular flexibility index (Phi) is 5.81. The number of rotatable bonds is 6. The second-order valence-corrected chi connectivity index (χ2v) is 9.57. The lowest BCUT2D eigenvalue weighted by Gasteiger charge is -2.21. The molecule has 2 amide bonds. The van der Waals surface area contributed by atoms with Crippen LogP contribution in [0.2, 0.25) is 0 Å². The second kappa shape index (κ2) is 8.10. The highest BCUT2D eigenvalue weighted by Gasteiger charge is 2.25. The second-order valence-electron chi connectivity index (χ2n) is 6.07. The van der Waals surface area contributed by atoms with E-state index in [1.54, 1.807) is 31.3 Å². The third kappa shape index (κ3) is 4.86. The molecule has 0 radical (unpaired) electrons. The zero-order chi connectivity index (χ0) is 19.4. The molecule has 0 aliphatic carbocycles. The molecule has 9 heteroatoms. The first-order valence-corrected chi connectivity index (χ1v) is 10.9. The van der Waals surface area contributed by atoms with Gasteiger partial charge in [-0.3, -0.25) is 14.6 Å². The molecule has 142 valence electrons. The summed E-state index contributed by atoms with van der Waals surface area (Å²) in [7, 11) is -3.64. The summed E-state index contributed by atoms with van der Waals surface area (Å²) in [6, 6.07) is 10.0. The van der Waals surface area contributed by atoms with E-state index in [2.05, 4.69) is 15.6 Å². The van der Waals surface area contributed by atoms with Crippen molar-refractivity contribution in [3.8, 4) is 0 Å². The van der Waals surface area contributed by atoms with E-state index in [-0.39, 0.29) is 40.7 Å². The summed E-state index contributed by atoms with van der Waals surface area (Å²) in [6.45, 7) is 2.04. The van der Waals surface area contributed by atoms with Crippen molar-refractivity contribution in [1.82, 2.24) is 10.3 Å². The molecule has 0 spiro atoms. The van der Waals surface area contributed by atoms with Crippen molar-refractivity contribution in [2.24, 2.45) is 0 Å². The average Bonchev–Trinajstić information content (AvgIpc) is 2.66. The third-order valence-corrected chi connectivity index (χ3v) is 6.92. The highest BCUT2D eigenvalue weighted by molar-refractivity contribution is 8.01. The van der Waals surface area contributed by atoms with Crippen LogP contribution in [0, 0.1) is 0 Å². The Morgan fingerprint density at radius 2 is 2.11 bits per heavy atom. The molecule has 3 rings (SSSR count). The van der Waals surface area contributed by atoms with E-state index in [1.807, 2.05) is 6.07 Å². The van der Waals surface area contributed by atoms with Crippen LogP contribution in [0.5, 0.6) is 0 Å². The molecule has 0 saturated carbocycles. The van der Waals surface area contributed by atoms with Gasteiger partial charge < -0.3 is 10.6 Å². The molecule has 7 nitrogen and oxygen atoms in total. The minimum atomic E-state index is -3.64. The Morgan fingerprint density at radius 3 is 2.85 bits per heavy atom. The number of aromatic nitrogens is 1. The first-order valence-electron chi connectivity index (χ1n) is 8.36. The normalized spacial score (nSPS) is 16.3. The first-order chi connectivity index (χ1) is 12.8. The Balaban J connectivity index is 1.61. The zero-order valence-corrected chi connectivity index (χ0v) is 16.3. The molecule has 1 unspecified atom stereocenters. The molecular formula is C18H19N3O4S2. The molecule has 2 heterocycles. The number of carbonyl (C=O) groups is 2. The van der Waals surface area contributed by atoms with Crippen molar-refractivity contribution in [3.63, 3.8) is 0 Å². The molecule has 2 aromatic rings. The highest BCUT2D eigenvalue weighted by atomic mass is 32.2. The minimum absolute atomic E-state index is 0.0919. The van der Waals surface area contributed by atoms with Crippen molar-refractivity contribution in [2.45, 2.75) is 34.9 Å². The van der Waals surface area contributed by atoms with Gasteiger partial charge in [0.15, 0.2) is 9.84 Å². The Bertz CT molecular complexity index is 962. The lowest BCUT2D eigenvalue weighted by Crippen LogP contribution is -2.27. The summed E-state index contributed by atoms with van der Waals surface area (Å²) in [5.74, 6) is -0.826. The molecular weight excluding hydrogens is 386 g/mol. The number of hydrogen-bond acceptors (Lipinski definition) is 6. The number of nitrogens with zero attached hydrogens (tertiary/aromatic N) is 1. The smallest absolute Gasteiger partial charge is 0.237 e. The van der Waals surface area contributed by atoms with E-state index in [4.69, 9.17) is 0 Å². The molecule has 0 saturated heterocycles. The van der Waals surface area contributed by atoms with E-state index in [1.165, 1.54) is 23.9 Å². The SMILES string of the molecule is CC1Sc2ccc(S(=O)(=O)CCC(=O)NCc3ccccn3)cc2NC1=O. The Morgan fingerprint density at radius 1 is 1.30 bits per heavy atom. The van der Waals surface area contributed by atoms with Crippen LogP contribution in [-0.2, 0) is 26.0 Å². The van der Waals surface area contributed by atoms with Crippen LogP contribution >= 0.6 is 11.8 Å². The van der Waals surface area contributed by atoms with Crippen LogP contribution in [0.4, 0.5) is 5.69 Å². The summed E-state index contributed by atoms with van der Waals surface area (Å²) in [4.78, 5) is 28.7. The van der Waals surface area contributed by atoms with Gasteiger partial charge in [-0.2, -0.15) is 0 Å². The van der Waals surface area contributed by atoms with E-state index in [0.717, 1.165) is 4.90 Å². The third-order valence-electron chi connectivity index (χ3n) is 4.03. The molecule has 1 aliphatic heterocycles. The maximum Gasteiger partial charge on any atom is 0.237 e. The maximum atomic E-state index is 12.5. The predicted molar refractivity (Wildman–Crippen MR) is 103 cm³/mol. The fourth-order valence-corrected chi connectivity index (χ4v) is 4.70. The predicted octanol–water partition coefficient (Wildman–Crippen LogP) is 1.99. The van der Waals surface area contributed by atoms with Crippen LogP contribution in [0.15, 0.2) is 52.4 Å². The van der Waals surface area contributed by atoms with Crippen LogP contribution in [-0.4, -0.2) is 36.2 Å². The van der Waals surface area contributed by atoms with Crippen molar-refractivity contribution >= 4 is 39.1 Å². The molecule has 1 atom stereocenters. The van der Waals surface area contributed by atoms with Crippen molar-refractivity contribution < 1.29 is 18.0 Å². The number of pyridine rings is 1. The van der Waals surface area contributed by atoms with Gasteiger partial charge >= 0.3 is 0 Å². The van der Waals surface area contributed by atoms with Crippen LogP contribution < -0.4 is 10.6 Å². The average molecular weight is 406 g/mol. The zero-order valence-electron chi connectivity index (χ0n) is 14.6. The molecule has 1 aromatic carbocycles. The summed E-state index contributed by atoms with van der Waals surface area (Å²) >= 11 is 1.39. The number of amides is 2. The summed E-state index contributed by atoms with van der Waals surface area (Å²) in [5, 5.41) is 5.15. The van der Waals surface area contributed by atoms with E-state index >= 15 is 0 Å². The Hall–Kier alpha value is -2.39. The van der Waals surface area contributed by atoms with E-state index < -0.39 is 9.84 Å². The molecule has 1 aromatic heterocycles. The lowest BCUT2D eigenvalue weighted by atomic mass is 10.3. The number of thioether (sulfide) groups is 1. The number of carbonyl (C=O) groups excluding carboxylic acids is 2. The molecule has 1 aliphatic rings. The van der Waals surface area contributed by atoms with Gasteiger partial charge in [0.25, 0.3) is 0 Å². The number of sulfone groups is 1. The van der Waals surface area contributed by atoms with Crippen molar-refractivity contribution in [3.05, 3.63) is 48.3 Å². The number of benzene rings is 1. The highest BCUT2D eigenvalue weighted by Crippen LogP contribution is 2.36. The van der Waals surface area contributed by atoms with Gasteiger partial charge in [-0.05, 0) is 37.3 Å². The van der Waals surface area contributed by atoms with Gasteiger partial charge in [0, 0.05) is 17.5 Å². The largest absolute Gasteiger partial charge is 0.350 e. The number of fused-ring (bicyclic) bond motifs is 1. The van der Waals surface area contributed by atoms with Crippen LogP contribution in [0.1, 0.15) is 19.0 Å². The fraction of sp³-hybridized carbons (Fsp3) is 0.278. The van der Waals surface area contributed by atoms with Crippen molar-refractivity contribution in [1.29, 1.82) is 0 Å². The van der Waals surface area contributed by atoms with Gasteiger partial charge in [0.1, 0.15) is 0 Å². The van der Waals surface area contributed by atoms with Gasteiger partial charge in [-0.1, -0.05) is 6.07 Å². The molecule has 0 fully saturated rings. The molecule has 27 heavy (non-hydrogen) atoms. The molecule has 2 N–H and O–H groups in total. The number of anilines is 1. The summed E-state index contributed by atoms with van der Waals surface area (Å²) in [6.07, 6.45) is 1.48. The summed E-state index contributed by atoms with van der Waals surface area (Å²) in [5.41, 5.74) is 1.19. The topological polar surface area (TPSA) is 105 Å². The quantitative estimate of drug-likeness (QED) is 0.762. The van der Waals surface area contributed by atoms with E-state index in [0.29, 0.717) is 11.4 Å². The lowest BCUT2D eigenvalue weighted by molar-refractivity contribution is -0.121. The standard InChI is InChI=1S/C18H19N3O4S2/c1-12-18(23)21-15-10-14(5-6-16(15)26-12)27(24,25)9-7-17(22)20-11-13-4-2-3-8-19-13/h2-6,8,10,12H,7,9,11H2,1H3,(H,20,22)(H,21,23). The van der Waals surface area contributed by atoms with Crippen LogP contribution in [0.3, 0.4) is 0 Å². The fourth-order valence-electron chi connectivity index (χ4n) is 2.51. The number of nitrogens with one attached hydrogen (secondary N) is 2.